The maximum absolute atomic E-state index is 8.68. The maximum atomic E-state index is 8.68. The van der Waals surface area contributed by atoms with Crippen molar-refractivity contribution in [1.29, 1.82) is 5.26 Å². The third kappa shape index (κ3) is 1.63. The molecule has 0 N–H and O–H groups in total. The minimum absolute atomic E-state index is 0.705. The molecule has 3 nitrogen and oxygen atoms in total. The molecule has 0 saturated heterocycles. The standard InChI is InChI=1S/C10H7N3S/c1-7-12-5-4-9(13-7)10-3-2-8(6-11)14-10/h2-5H,1H3. The topological polar surface area (TPSA) is 49.6 Å². The molecule has 4 heteroatoms. The average Bonchev–Trinajstić information content (AvgIpc) is 2.66. The monoisotopic (exact) mass is 201 g/mol. The van der Waals surface area contributed by atoms with Gasteiger partial charge in [-0.15, -0.1) is 11.3 Å². The number of nitrogens with zero attached hydrogens (tertiary/aromatic N) is 3. The van der Waals surface area contributed by atoms with Crippen molar-refractivity contribution in [3.63, 3.8) is 0 Å². The molecule has 2 aromatic heterocycles. The highest BCUT2D eigenvalue weighted by Gasteiger charge is 2.03. The zero-order chi connectivity index (χ0) is 9.97. The first kappa shape index (κ1) is 8.85. The second kappa shape index (κ2) is 3.56. The quantitative estimate of drug-likeness (QED) is 0.711. The fraction of sp³-hybridized carbons (Fsp3) is 0.100. The molecule has 0 aliphatic heterocycles. The predicted molar refractivity (Wildman–Crippen MR) is 54.8 cm³/mol. The molecule has 0 radical (unpaired) electrons. The molecule has 0 fully saturated rings. The second-order valence-corrected chi connectivity index (χ2v) is 3.85. The van der Waals surface area contributed by atoms with Crippen molar-refractivity contribution in [1.82, 2.24) is 9.97 Å². The summed E-state index contributed by atoms with van der Waals surface area (Å²) in [7, 11) is 0. The molecule has 2 aromatic rings. The van der Waals surface area contributed by atoms with Crippen molar-refractivity contribution in [3.05, 3.63) is 35.1 Å². The number of nitriles is 1. The minimum Gasteiger partial charge on any atom is -0.242 e. The number of hydrogen-bond acceptors (Lipinski definition) is 4. The number of thiophene rings is 1. The molecule has 0 saturated carbocycles. The Morgan fingerprint density at radius 2 is 2.21 bits per heavy atom. The van der Waals surface area contributed by atoms with Crippen LogP contribution in [0.15, 0.2) is 24.4 Å². The summed E-state index contributed by atoms with van der Waals surface area (Å²) in [5, 5.41) is 8.68. The van der Waals surface area contributed by atoms with Crippen LogP contribution < -0.4 is 0 Å². The summed E-state index contributed by atoms with van der Waals surface area (Å²) >= 11 is 1.44. The lowest BCUT2D eigenvalue weighted by Crippen LogP contribution is -1.87. The molecular formula is C10H7N3S. The molecule has 0 unspecified atom stereocenters. The van der Waals surface area contributed by atoms with Gasteiger partial charge in [0.1, 0.15) is 16.8 Å². The molecule has 0 aliphatic carbocycles. The largest absolute Gasteiger partial charge is 0.242 e. The summed E-state index contributed by atoms with van der Waals surface area (Å²) in [6.07, 6.45) is 1.73. The van der Waals surface area contributed by atoms with Gasteiger partial charge in [-0.1, -0.05) is 0 Å². The maximum Gasteiger partial charge on any atom is 0.125 e. The second-order valence-electron chi connectivity index (χ2n) is 2.76. The lowest BCUT2D eigenvalue weighted by molar-refractivity contribution is 1.06. The molecule has 0 amide bonds. The number of aromatic nitrogens is 2. The van der Waals surface area contributed by atoms with E-state index in [1.807, 2.05) is 19.1 Å². The van der Waals surface area contributed by atoms with Crippen molar-refractivity contribution in [3.8, 4) is 16.6 Å². The highest BCUT2D eigenvalue weighted by Crippen LogP contribution is 2.25. The first-order valence-corrected chi connectivity index (χ1v) is 4.91. The molecule has 68 valence electrons. The van der Waals surface area contributed by atoms with E-state index in [1.54, 1.807) is 12.3 Å². The van der Waals surface area contributed by atoms with Gasteiger partial charge in [0.15, 0.2) is 0 Å². The van der Waals surface area contributed by atoms with Crippen LogP contribution in [0.25, 0.3) is 10.6 Å². The highest BCUT2D eigenvalue weighted by molar-refractivity contribution is 7.15. The molecule has 0 aliphatic rings. The molecule has 14 heavy (non-hydrogen) atoms. The van der Waals surface area contributed by atoms with Crippen LogP contribution in [0.5, 0.6) is 0 Å². The van der Waals surface area contributed by atoms with Crippen molar-refractivity contribution >= 4 is 11.3 Å². The van der Waals surface area contributed by atoms with E-state index >= 15 is 0 Å². The van der Waals surface area contributed by atoms with E-state index in [1.165, 1.54) is 11.3 Å². The van der Waals surface area contributed by atoms with Gasteiger partial charge in [-0.2, -0.15) is 5.26 Å². The zero-order valence-corrected chi connectivity index (χ0v) is 8.38. The molecular weight excluding hydrogens is 194 g/mol. The first-order valence-electron chi connectivity index (χ1n) is 4.09. The number of aryl methyl sites for hydroxylation is 1. The summed E-state index contributed by atoms with van der Waals surface area (Å²) in [5.41, 5.74) is 0.879. The van der Waals surface area contributed by atoms with E-state index in [0.29, 0.717) is 4.88 Å². The molecule has 0 bridgehead atoms. The predicted octanol–water partition coefficient (Wildman–Crippen LogP) is 2.39. The fourth-order valence-electron chi connectivity index (χ4n) is 1.13. The third-order valence-corrected chi connectivity index (χ3v) is 2.76. The summed E-state index contributed by atoms with van der Waals surface area (Å²) < 4.78 is 0. The Hall–Kier alpha value is -1.73. The Morgan fingerprint density at radius 1 is 1.36 bits per heavy atom. The Bertz CT molecular complexity index is 496. The highest BCUT2D eigenvalue weighted by atomic mass is 32.1. The van der Waals surface area contributed by atoms with Gasteiger partial charge >= 0.3 is 0 Å². The van der Waals surface area contributed by atoms with Gasteiger partial charge in [0.25, 0.3) is 0 Å². The van der Waals surface area contributed by atoms with Crippen molar-refractivity contribution in [2.45, 2.75) is 6.92 Å². The average molecular weight is 201 g/mol. The smallest absolute Gasteiger partial charge is 0.125 e. The van der Waals surface area contributed by atoms with E-state index < -0.39 is 0 Å². The van der Waals surface area contributed by atoms with Crippen LogP contribution in [-0.2, 0) is 0 Å². The number of hydrogen-bond donors (Lipinski definition) is 0. The lowest BCUT2D eigenvalue weighted by atomic mass is 10.3. The minimum atomic E-state index is 0.705. The van der Waals surface area contributed by atoms with Crippen LogP contribution in [0.2, 0.25) is 0 Å². The van der Waals surface area contributed by atoms with E-state index in [4.69, 9.17) is 5.26 Å². The Morgan fingerprint density at radius 3 is 2.86 bits per heavy atom. The Kier molecular flexibility index (Phi) is 2.25. The number of rotatable bonds is 1. The summed E-state index contributed by atoms with van der Waals surface area (Å²) in [6, 6.07) is 7.66. The van der Waals surface area contributed by atoms with E-state index in [-0.39, 0.29) is 0 Å². The van der Waals surface area contributed by atoms with Crippen LogP contribution >= 0.6 is 11.3 Å². The Labute approximate surface area is 85.7 Å². The van der Waals surface area contributed by atoms with Gasteiger partial charge in [-0.05, 0) is 25.1 Å². The Balaban J connectivity index is 2.45. The van der Waals surface area contributed by atoms with Gasteiger partial charge < -0.3 is 0 Å². The van der Waals surface area contributed by atoms with E-state index in [2.05, 4.69) is 16.0 Å². The van der Waals surface area contributed by atoms with Crippen LogP contribution in [-0.4, -0.2) is 9.97 Å². The summed E-state index contributed by atoms with van der Waals surface area (Å²) in [6.45, 7) is 1.85. The summed E-state index contributed by atoms with van der Waals surface area (Å²) in [4.78, 5) is 10.0. The SMILES string of the molecule is Cc1nccc(-c2ccc(C#N)s2)n1. The van der Waals surface area contributed by atoms with Crippen LogP contribution in [0.4, 0.5) is 0 Å². The normalized spacial score (nSPS) is 9.71. The van der Waals surface area contributed by atoms with E-state index in [0.717, 1.165) is 16.4 Å². The zero-order valence-electron chi connectivity index (χ0n) is 7.56. The van der Waals surface area contributed by atoms with Crippen molar-refractivity contribution < 1.29 is 0 Å². The van der Waals surface area contributed by atoms with Crippen LogP contribution in [0.1, 0.15) is 10.7 Å². The van der Waals surface area contributed by atoms with Gasteiger partial charge in [0.2, 0.25) is 0 Å². The molecule has 2 heterocycles. The molecule has 0 spiro atoms. The van der Waals surface area contributed by atoms with Gasteiger partial charge in [0, 0.05) is 6.20 Å². The van der Waals surface area contributed by atoms with Gasteiger partial charge in [-0.3, -0.25) is 0 Å². The van der Waals surface area contributed by atoms with Gasteiger partial charge in [-0.25, -0.2) is 9.97 Å². The van der Waals surface area contributed by atoms with E-state index in [9.17, 15) is 0 Å². The molecule has 2 rings (SSSR count). The first-order chi connectivity index (χ1) is 6.79. The summed E-state index contributed by atoms with van der Waals surface area (Å²) in [5.74, 6) is 0.745. The molecule has 0 aromatic carbocycles. The van der Waals surface area contributed by atoms with Crippen LogP contribution in [0, 0.1) is 18.3 Å². The van der Waals surface area contributed by atoms with Crippen LogP contribution in [0.3, 0.4) is 0 Å². The lowest BCUT2D eigenvalue weighted by Gasteiger charge is -1.95. The van der Waals surface area contributed by atoms with Crippen molar-refractivity contribution in [2.75, 3.05) is 0 Å². The van der Waals surface area contributed by atoms with Crippen molar-refractivity contribution in [2.24, 2.45) is 0 Å². The molecule has 0 atom stereocenters. The third-order valence-electron chi connectivity index (χ3n) is 1.74. The fourth-order valence-corrected chi connectivity index (χ4v) is 1.90. The van der Waals surface area contributed by atoms with Gasteiger partial charge in [0.05, 0.1) is 10.6 Å².